The lowest BCUT2D eigenvalue weighted by Crippen LogP contribution is -2.30. The number of carbonyl (C=O) groups excluding carboxylic acids is 1. The van der Waals surface area contributed by atoms with Crippen LogP contribution in [0.3, 0.4) is 0 Å². The molecule has 1 aromatic rings. The van der Waals surface area contributed by atoms with E-state index in [0.29, 0.717) is 18.0 Å². The van der Waals surface area contributed by atoms with E-state index in [1.807, 2.05) is 0 Å². The Morgan fingerprint density at radius 2 is 2.10 bits per heavy atom. The summed E-state index contributed by atoms with van der Waals surface area (Å²) in [4.78, 5) is 11.5. The Morgan fingerprint density at radius 3 is 2.65 bits per heavy atom. The molecule has 1 unspecified atom stereocenters. The zero-order valence-corrected chi connectivity index (χ0v) is 12.3. The average molecular weight is 282 g/mol. The maximum absolute atomic E-state index is 13.7. The Labute approximate surface area is 119 Å². The minimum absolute atomic E-state index is 0.0633. The van der Waals surface area contributed by atoms with E-state index in [-0.39, 0.29) is 24.3 Å². The first-order valence-corrected chi connectivity index (χ1v) is 6.84. The quantitative estimate of drug-likeness (QED) is 0.807. The monoisotopic (exact) mass is 282 g/mol. The average Bonchev–Trinajstić information content (AvgIpc) is 2.36. The van der Waals surface area contributed by atoms with Gasteiger partial charge in [0.05, 0.1) is 0 Å². The predicted molar refractivity (Wildman–Crippen MR) is 77.0 cm³/mol. The van der Waals surface area contributed by atoms with E-state index in [2.05, 4.69) is 19.2 Å². The van der Waals surface area contributed by atoms with E-state index >= 15 is 0 Å². The Morgan fingerprint density at radius 1 is 1.40 bits per heavy atom. The van der Waals surface area contributed by atoms with Crippen molar-refractivity contribution >= 4 is 5.91 Å². The minimum atomic E-state index is -0.505. The van der Waals surface area contributed by atoms with Gasteiger partial charge in [0.15, 0.2) is 18.2 Å². The lowest BCUT2D eigenvalue weighted by Gasteiger charge is -2.11. The molecule has 112 valence electrons. The summed E-state index contributed by atoms with van der Waals surface area (Å²) >= 11 is 0. The molecule has 0 bridgehead atoms. The maximum atomic E-state index is 13.7. The summed E-state index contributed by atoms with van der Waals surface area (Å²) < 4.78 is 18.9. The number of carbonyl (C=O) groups is 1. The zero-order chi connectivity index (χ0) is 15.1. The van der Waals surface area contributed by atoms with Gasteiger partial charge in [0.2, 0.25) is 0 Å². The van der Waals surface area contributed by atoms with Crippen LogP contribution in [0.4, 0.5) is 4.39 Å². The van der Waals surface area contributed by atoms with Gasteiger partial charge in [-0.1, -0.05) is 19.9 Å². The number of ether oxygens (including phenoxy) is 1. The van der Waals surface area contributed by atoms with E-state index in [9.17, 15) is 9.18 Å². The molecule has 20 heavy (non-hydrogen) atoms. The van der Waals surface area contributed by atoms with E-state index in [1.54, 1.807) is 13.0 Å². The minimum Gasteiger partial charge on any atom is -0.481 e. The molecule has 0 saturated carbocycles. The summed E-state index contributed by atoms with van der Waals surface area (Å²) in [6.07, 6.45) is 0.906. The van der Waals surface area contributed by atoms with E-state index in [4.69, 9.17) is 10.5 Å². The SMILES string of the molecule is CC(C)CCNC(=O)COc1ccc(C(C)N)cc1F. The third-order valence-electron chi connectivity index (χ3n) is 2.88. The molecule has 0 heterocycles. The molecule has 0 aliphatic heterocycles. The summed E-state index contributed by atoms with van der Waals surface area (Å²) in [5.41, 5.74) is 6.35. The summed E-state index contributed by atoms with van der Waals surface area (Å²) in [6, 6.07) is 4.28. The van der Waals surface area contributed by atoms with Crippen LogP contribution in [-0.2, 0) is 4.79 Å². The van der Waals surface area contributed by atoms with Crippen molar-refractivity contribution in [2.75, 3.05) is 13.2 Å². The fraction of sp³-hybridized carbons (Fsp3) is 0.533. The lowest BCUT2D eigenvalue weighted by molar-refractivity contribution is -0.123. The highest BCUT2D eigenvalue weighted by Crippen LogP contribution is 2.20. The fourth-order valence-electron chi connectivity index (χ4n) is 1.61. The molecular weight excluding hydrogens is 259 g/mol. The van der Waals surface area contributed by atoms with Crippen LogP contribution in [0.15, 0.2) is 18.2 Å². The number of halogens is 1. The van der Waals surface area contributed by atoms with Gasteiger partial charge in [-0.3, -0.25) is 4.79 Å². The molecule has 0 aromatic heterocycles. The van der Waals surface area contributed by atoms with Crippen LogP contribution in [0.2, 0.25) is 0 Å². The Hall–Kier alpha value is -1.62. The van der Waals surface area contributed by atoms with Crippen molar-refractivity contribution in [3.63, 3.8) is 0 Å². The topological polar surface area (TPSA) is 64.3 Å². The van der Waals surface area contributed by atoms with E-state index in [0.717, 1.165) is 6.42 Å². The highest BCUT2D eigenvalue weighted by atomic mass is 19.1. The van der Waals surface area contributed by atoms with Gasteiger partial charge in [-0.05, 0) is 37.0 Å². The third-order valence-corrected chi connectivity index (χ3v) is 2.88. The molecule has 0 radical (unpaired) electrons. The second-order valence-corrected chi connectivity index (χ2v) is 5.30. The number of benzene rings is 1. The smallest absolute Gasteiger partial charge is 0.257 e. The number of hydrogen-bond donors (Lipinski definition) is 2. The van der Waals surface area contributed by atoms with Crippen LogP contribution in [0.5, 0.6) is 5.75 Å². The molecule has 0 spiro atoms. The van der Waals surface area contributed by atoms with Crippen LogP contribution >= 0.6 is 0 Å². The highest BCUT2D eigenvalue weighted by Gasteiger charge is 2.09. The third kappa shape index (κ3) is 5.57. The van der Waals surface area contributed by atoms with Gasteiger partial charge in [-0.15, -0.1) is 0 Å². The number of hydrogen-bond acceptors (Lipinski definition) is 3. The van der Waals surface area contributed by atoms with Crippen molar-refractivity contribution in [1.82, 2.24) is 5.32 Å². The molecule has 0 fully saturated rings. The second kappa shape index (κ2) is 7.85. The second-order valence-electron chi connectivity index (χ2n) is 5.30. The zero-order valence-electron chi connectivity index (χ0n) is 12.3. The van der Waals surface area contributed by atoms with Crippen molar-refractivity contribution in [1.29, 1.82) is 0 Å². The van der Waals surface area contributed by atoms with Gasteiger partial charge in [0.25, 0.3) is 5.91 Å². The van der Waals surface area contributed by atoms with Gasteiger partial charge in [0, 0.05) is 12.6 Å². The van der Waals surface area contributed by atoms with Gasteiger partial charge >= 0.3 is 0 Å². The molecule has 3 N–H and O–H groups in total. The van der Waals surface area contributed by atoms with Crippen molar-refractivity contribution in [2.45, 2.75) is 33.2 Å². The highest BCUT2D eigenvalue weighted by molar-refractivity contribution is 5.77. The Bertz CT molecular complexity index is 447. The molecule has 5 heteroatoms. The molecule has 0 aliphatic rings. The largest absolute Gasteiger partial charge is 0.481 e. The number of nitrogens with two attached hydrogens (primary N) is 1. The molecule has 0 aliphatic carbocycles. The molecular formula is C15H23FN2O2. The van der Waals surface area contributed by atoms with Crippen LogP contribution in [0, 0.1) is 11.7 Å². The first kappa shape index (κ1) is 16.4. The summed E-state index contributed by atoms with van der Waals surface area (Å²) in [7, 11) is 0. The Balaban J connectivity index is 2.43. The number of amides is 1. The van der Waals surface area contributed by atoms with Crippen LogP contribution < -0.4 is 15.8 Å². The van der Waals surface area contributed by atoms with Crippen LogP contribution in [-0.4, -0.2) is 19.1 Å². The van der Waals surface area contributed by atoms with E-state index in [1.165, 1.54) is 12.1 Å². The van der Waals surface area contributed by atoms with Crippen molar-refractivity contribution in [3.05, 3.63) is 29.6 Å². The van der Waals surface area contributed by atoms with Crippen molar-refractivity contribution in [3.8, 4) is 5.75 Å². The molecule has 0 saturated heterocycles. The normalized spacial score (nSPS) is 12.3. The molecule has 1 aromatic carbocycles. The first-order valence-electron chi connectivity index (χ1n) is 6.84. The van der Waals surface area contributed by atoms with Crippen molar-refractivity contribution < 1.29 is 13.9 Å². The molecule has 1 amide bonds. The number of rotatable bonds is 7. The predicted octanol–water partition coefficient (Wildman–Crippen LogP) is 2.39. The lowest BCUT2D eigenvalue weighted by atomic mass is 10.1. The van der Waals surface area contributed by atoms with E-state index < -0.39 is 5.82 Å². The number of nitrogens with one attached hydrogen (secondary N) is 1. The maximum Gasteiger partial charge on any atom is 0.257 e. The first-order chi connectivity index (χ1) is 9.40. The summed E-state index contributed by atoms with van der Waals surface area (Å²) in [6.45, 7) is 6.35. The Kier molecular flexibility index (Phi) is 6.45. The molecule has 1 rings (SSSR count). The van der Waals surface area contributed by atoms with Crippen LogP contribution in [0.25, 0.3) is 0 Å². The van der Waals surface area contributed by atoms with Gasteiger partial charge in [-0.2, -0.15) is 0 Å². The van der Waals surface area contributed by atoms with Crippen LogP contribution in [0.1, 0.15) is 38.8 Å². The standard InChI is InChI=1S/C15H23FN2O2/c1-10(2)6-7-18-15(19)9-20-14-5-4-12(11(3)17)8-13(14)16/h4-5,8,10-11H,6-7,9,17H2,1-3H3,(H,18,19). The van der Waals surface area contributed by atoms with Crippen molar-refractivity contribution in [2.24, 2.45) is 11.7 Å². The summed E-state index contributed by atoms with van der Waals surface area (Å²) in [5.74, 6) is -0.163. The molecule has 4 nitrogen and oxygen atoms in total. The molecule has 1 atom stereocenters. The van der Waals surface area contributed by atoms with Gasteiger partial charge in [-0.25, -0.2) is 4.39 Å². The fourth-order valence-corrected chi connectivity index (χ4v) is 1.61. The van der Waals surface area contributed by atoms with Gasteiger partial charge < -0.3 is 15.8 Å². The summed E-state index contributed by atoms with van der Waals surface area (Å²) in [5, 5.41) is 2.73. The van der Waals surface area contributed by atoms with Gasteiger partial charge in [0.1, 0.15) is 0 Å².